The monoisotopic (exact) mass is 526 g/mol. The van der Waals surface area contributed by atoms with E-state index in [0.29, 0.717) is 6.17 Å². The molecule has 1 aromatic rings. The molecule has 0 bridgehead atoms. The summed E-state index contributed by atoms with van der Waals surface area (Å²) in [6, 6.07) is 10.8. The highest BCUT2D eigenvalue weighted by Crippen LogP contribution is 2.13. The number of quaternary nitrogens is 1. The molecule has 2 rings (SSSR count). The lowest BCUT2D eigenvalue weighted by Crippen LogP contribution is -3.11. The highest BCUT2D eigenvalue weighted by molar-refractivity contribution is 5.15. The van der Waals surface area contributed by atoms with Gasteiger partial charge in [-0.15, -0.1) is 0 Å². The normalized spacial score (nSPS) is 18.0. The molecule has 0 saturated heterocycles. The Labute approximate surface area is 204 Å². The molecule has 0 amide bonds. The van der Waals surface area contributed by atoms with Crippen molar-refractivity contribution in [3.05, 3.63) is 48.3 Å². The quantitative estimate of drug-likeness (QED) is 0.240. The number of hydrogen-bond acceptors (Lipinski definition) is 1. The van der Waals surface area contributed by atoms with E-state index in [0.717, 1.165) is 6.54 Å². The molecule has 0 saturated carbocycles. The molecule has 0 aromatic heterocycles. The zero-order valence-corrected chi connectivity index (χ0v) is 21.9. The van der Waals surface area contributed by atoms with E-state index in [9.17, 15) is 0 Å². The van der Waals surface area contributed by atoms with E-state index in [1.807, 2.05) is 0 Å². The number of benzene rings is 1. The molecule has 1 aromatic carbocycles. The van der Waals surface area contributed by atoms with Crippen molar-refractivity contribution in [2.24, 2.45) is 0 Å². The van der Waals surface area contributed by atoms with Gasteiger partial charge in [-0.05, 0) is 18.4 Å². The Balaban J connectivity index is 0.00000450. The molecule has 0 aliphatic carbocycles. The maximum absolute atomic E-state index is 2.48. The van der Waals surface area contributed by atoms with Crippen molar-refractivity contribution in [3.63, 3.8) is 0 Å². The molecule has 0 fully saturated rings. The van der Waals surface area contributed by atoms with E-state index in [1.54, 1.807) is 4.90 Å². The zero-order valence-electron chi connectivity index (χ0n) is 19.8. The first-order valence-electron chi connectivity index (χ1n) is 12.6. The number of unbranched alkanes of at least 4 members (excludes halogenated alkanes) is 13. The summed E-state index contributed by atoms with van der Waals surface area (Å²) in [7, 11) is 0. The molecule has 1 aliphatic rings. The topological polar surface area (TPSA) is 7.68 Å². The third kappa shape index (κ3) is 11.7. The number of nitrogens with zero attached hydrogens (tertiary/aromatic N) is 1. The van der Waals surface area contributed by atoms with Gasteiger partial charge in [0.15, 0.2) is 6.17 Å². The van der Waals surface area contributed by atoms with E-state index in [4.69, 9.17) is 0 Å². The molecule has 0 radical (unpaired) electrons. The van der Waals surface area contributed by atoms with Crippen LogP contribution in [0.5, 0.6) is 0 Å². The average molecular weight is 527 g/mol. The fraction of sp³-hybridized carbons (Fsp3) is 0.704. The highest BCUT2D eigenvalue weighted by Gasteiger charge is 2.26. The Bertz CT molecular complexity index is 531. The first kappa shape index (κ1) is 27.5. The minimum absolute atomic E-state index is 0. The van der Waals surface area contributed by atoms with Crippen molar-refractivity contribution in [2.45, 2.75) is 116 Å². The van der Waals surface area contributed by atoms with Crippen LogP contribution in [0.4, 0.5) is 0 Å². The van der Waals surface area contributed by atoms with Crippen molar-refractivity contribution < 1.29 is 28.9 Å². The summed E-state index contributed by atoms with van der Waals surface area (Å²) in [4.78, 5) is 4.11. The largest absolute Gasteiger partial charge is 1.00 e. The Hall–Kier alpha value is -0.550. The maximum Gasteiger partial charge on any atom is 0.164 e. The highest BCUT2D eigenvalue weighted by atomic mass is 127. The first-order chi connectivity index (χ1) is 14.3. The molecule has 172 valence electrons. The van der Waals surface area contributed by atoms with Crippen molar-refractivity contribution >= 4 is 0 Å². The predicted molar refractivity (Wildman–Crippen MR) is 127 cm³/mol. The van der Waals surface area contributed by atoms with Gasteiger partial charge in [0.1, 0.15) is 6.20 Å². The lowest BCUT2D eigenvalue weighted by atomic mass is 10.0. The van der Waals surface area contributed by atoms with Gasteiger partial charge in [-0.25, -0.2) is 0 Å². The van der Waals surface area contributed by atoms with Crippen LogP contribution in [-0.4, -0.2) is 17.6 Å². The van der Waals surface area contributed by atoms with Crippen molar-refractivity contribution in [1.29, 1.82) is 0 Å². The van der Waals surface area contributed by atoms with Crippen molar-refractivity contribution in [3.8, 4) is 0 Å². The molecule has 2 nitrogen and oxygen atoms in total. The lowest BCUT2D eigenvalue weighted by molar-refractivity contribution is -0.876. The number of hydrogen-bond donors (Lipinski definition) is 1. The summed E-state index contributed by atoms with van der Waals surface area (Å²) in [6.45, 7) is 6.97. The van der Waals surface area contributed by atoms with E-state index in [2.05, 4.69) is 61.5 Å². The third-order valence-corrected chi connectivity index (χ3v) is 6.54. The van der Waals surface area contributed by atoms with Crippen molar-refractivity contribution in [1.82, 2.24) is 4.90 Å². The molecule has 2 atom stereocenters. The second-order valence-corrected chi connectivity index (χ2v) is 9.07. The van der Waals surface area contributed by atoms with Gasteiger partial charge in [0.05, 0.1) is 12.7 Å². The Morgan fingerprint density at radius 3 is 1.77 bits per heavy atom. The summed E-state index contributed by atoms with van der Waals surface area (Å²) < 4.78 is 0. The summed E-state index contributed by atoms with van der Waals surface area (Å²) in [5.41, 5.74) is 1.40. The maximum atomic E-state index is 2.48. The average Bonchev–Trinajstić information content (AvgIpc) is 3.08. The Morgan fingerprint density at radius 1 is 0.733 bits per heavy atom. The van der Waals surface area contributed by atoms with E-state index in [-0.39, 0.29) is 24.0 Å². The molecule has 2 unspecified atom stereocenters. The van der Waals surface area contributed by atoms with Gasteiger partial charge in [-0.2, -0.15) is 0 Å². The van der Waals surface area contributed by atoms with Crippen LogP contribution in [0, 0.1) is 0 Å². The van der Waals surface area contributed by atoms with Gasteiger partial charge in [0, 0.05) is 13.5 Å². The molecule has 1 heterocycles. The molecular formula is C27H47IN2. The lowest BCUT2D eigenvalue weighted by Gasteiger charge is -2.25. The van der Waals surface area contributed by atoms with Gasteiger partial charge < -0.3 is 28.9 Å². The van der Waals surface area contributed by atoms with Crippen LogP contribution in [0.3, 0.4) is 0 Å². The van der Waals surface area contributed by atoms with Crippen molar-refractivity contribution in [2.75, 3.05) is 6.54 Å². The van der Waals surface area contributed by atoms with Gasteiger partial charge in [0.2, 0.25) is 0 Å². The van der Waals surface area contributed by atoms with Crippen LogP contribution in [0.1, 0.15) is 109 Å². The van der Waals surface area contributed by atoms with Crippen LogP contribution in [-0.2, 0) is 6.54 Å². The SMILES string of the molecule is CCCCCCCCCCCCCCCC[NH+]1C=CN(Cc2ccccc2)C1C.[I-]. The molecule has 1 N–H and O–H groups in total. The summed E-state index contributed by atoms with van der Waals surface area (Å²) >= 11 is 0. The fourth-order valence-corrected chi connectivity index (χ4v) is 4.47. The molecular weight excluding hydrogens is 479 g/mol. The van der Waals surface area contributed by atoms with Gasteiger partial charge in [-0.3, -0.25) is 4.90 Å². The van der Waals surface area contributed by atoms with Gasteiger partial charge >= 0.3 is 0 Å². The fourth-order valence-electron chi connectivity index (χ4n) is 4.47. The zero-order chi connectivity index (χ0) is 20.6. The number of rotatable bonds is 17. The van der Waals surface area contributed by atoms with Crippen LogP contribution in [0.2, 0.25) is 0 Å². The van der Waals surface area contributed by atoms with Crippen LogP contribution in [0.15, 0.2) is 42.7 Å². The van der Waals surface area contributed by atoms with Crippen LogP contribution >= 0.6 is 0 Å². The minimum Gasteiger partial charge on any atom is -1.00 e. The first-order valence-corrected chi connectivity index (χ1v) is 12.6. The number of nitrogens with one attached hydrogen (secondary N) is 1. The van der Waals surface area contributed by atoms with Crippen LogP contribution < -0.4 is 28.9 Å². The van der Waals surface area contributed by atoms with Crippen LogP contribution in [0.25, 0.3) is 0 Å². The second kappa shape index (κ2) is 18.1. The molecule has 30 heavy (non-hydrogen) atoms. The smallest absolute Gasteiger partial charge is 0.164 e. The standard InChI is InChI=1S/C27H46N2.HI/c1-3-4-5-6-7-8-9-10-11-12-13-14-15-19-22-28-23-24-29(26(28)2)25-27-20-17-16-18-21-27;/h16-18,20-21,23-24,26H,3-15,19,22,25H2,1-2H3;1H. The van der Waals surface area contributed by atoms with Gasteiger partial charge in [-0.1, -0.05) is 114 Å². The summed E-state index contributed by atoms with van der Waals surface area (Å²) in [6.07, 6.45) is 25.4. The number of halogens is 1. The second-order valence-electron chi connectivity index (χ2n) is 9.07. The van der Waals surface area contributed by atoms with E-state index < -0.39 is 0 Å². The molecule has 3 heteroatoms. The predicted octanol–water partition coefficient (Wildman–Crippen LogP) is 3.69. The molecule has 1 aliphatic heterocycles. The van der Waals surface area contributed by atoms with Gasteiger partial charge in [0.25, 0.3) is 0 Å². The minimum atomic E-state index is 0. The molecule has 0 spiro atoms. The third-order valence-electron chi connectivity index (χ3n) is 6.54. The van der Waals surface area contributed by atoms with E-state index >= 15 is 0 Å². The Morgan fingerprint density at radius 2 is 1.23 bits per heavy atom. The summed E-state index contributed by atoms with van der Waals surface area (Å²) in [5.74, 6) is 0. The summed E-state index contributed by atoms with van der Waals surface area (Å²) in [5, 5.41) is 0. The Kier molecular flexibility index (Phi) is 16.5. The van der Waals surface area contributed by atoms with E-state index in [1.165, 1.54) is 102 Å².